The first-order valence-corrected chi connectivity index (χ1v) is 6.31. The zero-order valence-corrected chi connectivity index (χ0v) is 10.2. The van der Waals surface area contributed by atoms with Gasteiger partial charge in [0.25, 0.3) is 0 Å². The van der Waals surface area contributed by atoms with Gasteiger partial charge in [-0.2, -0.15) is 0 Å². The molecule has 0 N–H and O–H groups in total. The van der Waals surface area contributed by atoms with Gasteiger partial charge < -0.3 is 0 Å². The van der Waals surface area contributed by atoms with Crippen LogP contribution in [0.1, 0.15) is 39.0 Å². The Balaban J connectivity index is 1.98. The highest BCUT2D eigenvalue weighted by molar-refractivity contribution is 7.08. The normalized spacial score (nSPS) is 18.1. The lowest BCUT2D eigenvalue weighted by Gasteiger charge is -2.07. The van der Waals surface area contributed by atoms with Crippen molar-refractivity contribution in [1.29, 1.82) is 0 Å². The Bertz CT molecular complexity index is 579. The van der Waals surface area contributed by atoms with Gasteiger partial charge in [-0.15, -0.1) is 5.10 Å². The minimum Gasteiger partial charge on any atom is -0.292 e. The van der Waals surface area contributed by atoms with Crippen molar-refractivity contribution in [2.75, 3.05) is 0 Å². The number of ketones is 1. The molecular weight excluding hydrogens is 234 g/mol. The fourth-order valence-electron chi connectivity index (χ4n) is 2.28. The number of rotatable bonds is 2. The predicted octanol–water partition coefficient (Wildman–Crippen LogP) is 2.15. The van der Waals surface area contributed by atoms with Crippen molar-refractivity contribution in [2.24, 2.45) is 0 Å². The third-order valence-corrected chi connectivity index (χ3v) is 3.99. The average molecular weight is 245 g/mol. The molecule has 2 aromatic rings. The average Bonchev–Trinajstić information content (AvgIpc) is 2.94. The van der Waals surface area contributed by atoms with E-state index in [-0.39, 0.29) is 11.7 Å². The molecule has 0 saturated heterocycles. The van der Waals surface area contributed by atoms with E-state index in [1.54, 1.807) is 6.20 Å². The zero-order valence-electron chi connectivity index (χ0n) is 9.38. The summed E-state index contributed by atoms with van der Waals surface area (Å²) in [6.07, 6.45) is 3.54. The molecule has 4 nitrogen and oxygen atoms in total. The van der Waals surface area contributed by atoms with Gasteiger partial charge in [-0.3, -0.25) is 9.78 Å². The molecule has 2 aromatic heterocycles. The van der Waals surface area contributed by atoms with E-state index in [2.05, 4.69) is 14.6 Å². The summed E-state index contributed by atoms with van der Waals surface area (Å²) in [6.45, 7) is 1.82. The van der Waals surface area contributed by atoms with Crippen LogP contribution in [0.25, 0.3) is 0 Å². The number of Topliss-reactive ketones (excluding diaryl/α,β-unsaturated/α-hetero) is 1. The van der Waals surface area contributed by atoms with Gasteiger partial charge in [-0.05, 0) is 42.9 Å². The lowest BCUT2D eigenvalue weighted by Crippen LogP contribution is -2.11. The molecule has 0 bridgehead atoms. The van der Waals surface area contributed by atoms with Crippen LogP contribution in [-0.2, 0) is 6.42 Å². The summed E-state index contributed by atoms with van der Waals surface area (Å²) in [5.41, 5.74) is 2.86. The molecule has 0 saturated carbocycles. The van der Waals surface area contributed by atoms with Gasteiger partial charge in [0.05, 0.1) is 17.3 Å². The second-order valence-electron chi connectivity index (χ2n) is 4.19. The van der Waals surface area contributed by atoms with Crippen LogP contribution in [-0.4, -0.2) is 20.4 Å². The maximum atomic E-state index is 12.4. The highest BCUT2D eigenvalue weighted by Crippen LogP contribution is 2.34. The number of pyridine rings is 1. The molecule has 2 heterocycles. The van der Waals surface area contributed by atoms with Crippen LogP contribution in [0.2, 0.25) is 0 Å². The first-order valence-electron chi connectivity index (χ1n) is 5.54. The molecule has 0 radical (unpaired) electrons. The molecule has 0 amide bonds. The van der Waals surface area contributed by atoms with Crippen LogP contribution < -0.4 is 0 Å². The van der Waals surface area contributed by atoms with Crippen molar-refractivity contribution in [1.82, 2.24) is 14.6 Å². The lowest BCUT2D eigenvalue weighted by molar-refractivity contribution is 0.0961. The quantitative estimate of drug-likeness (QED) is 0.761. The highest BCUT2D eigenvalue weighted by Gasteiger charge is 2.32. The van der Waals surface area contributed by atoms with Crippen molar-refractivity contribution in [3.63, 3.8) is 0 Å². The Labute approximate surface area is 103 Å². The molecule has 1 aliphatic rings. The summed E-state index contributed by atoms with van der Waals surface area (Å²) in [6, 6.07) is 3.97. The van der Waals surface area contributed by atoms with E-state index < -0.39 is 0 Å². The lowest BCUT2D eigenvalue weighted by atomic mass is 9.99. The monoisotopic (exact) mass is 245 g/mol. The topological polar surface area (TPSA) is 55.7 Å². The van der Waals surface area contributed by atoms with Crippen LogP contribution in [0.4, 0.5) is 0 Å². The van der Waals surface area contributed by atoms with Gasteiger partial charge in [0.2, 0.25) is 0 Å². The largest absolute Gasteiger partial charge is 0.292 e. The van der Waals surface area contributed by atoms with Gasteiger partial charge in [0.1, 0.15) is 4.88 Å². The maximum absolute atomic E-state index is 12.4. The summed E-state index contributed by atoms with van der Waals surface area (Å²) in [4.78, 5) is 17.4. The fourth-order valence-corrected chi connectivity index (χ4v) is 2.93. The highest BCUT2D eigenvalue weighted by atomic mass is 32.1. The number of carbonyl (C=O) groups excluding carboxylic acids is 1. The summed E-state index contributed by atoms with van der Waals surface area (Å²) in [5, 5.41) is 3.89. The van der Waals surface area contributed by atoms with Crippen molar-refractivity contribution in [3.05, 3.63) is 40.2 Å². The van der Waals surface area contributed by atoms with Crippen LogP contribution in [0, 0.1) is 6.92 Å². The van der Waals surface area contributed by atoms with Crippen molar-refractivity contribution in [2.45, 2.75) is 25.7 Å². The Hall–Kier alpha value is -1.62. The number of hydrogen-bond acceptors (Lipinski definition) is 5. The minimum atomic E-state index is -0.104. The van der Waals surface area contributed by atoms with Crippen molar-refractivity contribution >= 4 is 17.3 Å². The Morgan fingerprint density at radius 2 is 2.41 bits per heavy atom. The summed E-state index contributed by atoms with van der Waals surface area (Å²) in [5.74, 6) is 0.0158. The van der Waals surface area contributed by atoms with Gasteiger partial charge in [0.15, 0.2) is 5.78 Å². The molecular formula is C12H11N3OS. The van der Waals surface area contributed by atoms with Crippen LogP contribution in [0.15, 0.2) is 18.3 Å². The zero-order chi connectivity index (χ0) is 11.8. The van der Waals surface area contributed by atoms with E-state index in [1.165, 1.54) is 17.1 Å². The number of fused-ring (bicyclic) bond motifs is 1. The number of nitrogens with zero attached hydrogens (tertiary/aromatic N) is 3. The maximum Gasteiger partial charge on any atom is 0.185 e. The number of carbonyl (C=O) groups is 1. The van der Waals surface area contributed by atoms with Crippen molar-refractivity contribution < 1.29 is 4.79 Å². The fraction of sp³-hybridized carbons (Fsp3) is 0.333. The molecule has 17 heavy (non-hydrogen) atoms. The van der Waals surface area contributed by atoms with E-state index in [9.17, 15) is 4.79 Å². The van der Waals surface area contributed by atoms with Crippen LogP contribution in [0.5, 0.6) is 0 Å². The Kier molecular flexibility index (Phi) is 2.48. The molecule has 0 spiro atoms. The minimum absolute atomic E-state index is 0.104. The molecule has 1 unspecified atom stereocenters. The van der Waals surface area contributed by atoms with Crippen molar-refractivity contribution in [3.8, 4) is 0 Å². The molecule has 1 atom stereocenters. The first-order chi connectivity index (χ1) is 8.27. The third kappa shape index (κ3) is 1.67. The van der Waals surface area contributed by atoms with Crippen LogP contribution in [0.3, 0.4) is 0 Å². The second kappa shape index (κ2) is 4.00. The van der Waals surface area contributed by atoms with E-state index in [4.69, 9.17) is 0 Å². The molecule has 5 heteroatoms. The van der Waals surface area contributed by atoms with E-state index >= 15 is 0 Å². The Morgan fingerprint density at radius 1 is 1.53 bits per heavy atom. The smallest absolute Gasteiger partial charge is 0.185 e. The van der Waals surface area contributed by atoms with Gasteiger partial charge in [0, 0.05) is 6.20 Å². The molecule has 0 aromatic carbocycles. The Morgan fingerprint density at radius 3 is 3.18 bits per heavy atom. The van der Waals surface area contributed by atoms with Gasteiger partial charge >= 0.3 is 0 Å². The first kappa shape index (κ1) is 10.5. The number of aryl methyl sites for hydroxylation is 2. The molecule has 86 valence electrons. The standard InChI is InChI=1S/C12H11N3OS/c1-7-12(17-15-14-7)11(16)9-5-4-8-3-2-6-13-10(8)9/h2-3,6,9H,4-5H2,1H3. The van der Waals surface area contributed by atoms with Crippen LogP contribution >= 0.6 is 11.5 Å². The SMILES string of the molecule is Cc1nnsc1C(=O)C1CCc2cccnc21. The summed E-state index contributed by atoms with van der Waals surface area (Å²) >= 11 is 1.18. The van der Waals surface area contributed by atoms with Gasteiger partial charge in [-0.25, -0.2) is 0 Å². The molecule has 3 rings (SSSR count). The van der Waals surface area contributed by atoms with E-state index in [1.807, 2.05) is 19.1 Å². The van der Waals surface area contributed by atoms with E-state index in [0.717, 1.165) is 24.2 Å². The van der Waals surface area contributed by atoms with E-state index in [0.29, 0.717) is 4.88 Å². The third-order valence-electron chi connectivity index (χ3n) is 3.15. The molecule has 0 fully saturated rings. The number of aromatic nitrogens is 3. The molecule has 0 aliphatic heterocycles. The summed E-state index contributed by atoms with van der Waals surface area (Å²) < 4.78 is 3.82. The second-order valence-corrected chi connectivity index (χ2v) is 4.94. The molecule has 1 aliphatic carbocycles. The van der Waals surface area contributed by atoms with Gasteiger partial charge in [-0.1, -0.05) is 10.6 Å². The predicted molar refractivity (Wildman–Crippen MR) is 64.3 cm³/mol. The summed E-state index contributed by atoms with van der Waals surface area (Å²) in [7, 11) is 0. The number of hydrogen-bond donors (Lipinski definition) is 0.